The second-order valence-electron chi connectivity index (χ2n) is 8.70. The fourth-order valence-electron chi connectivity index (χ4n) is 6.96. The van der Waals surface area contributed by atoms with Gasteiger partial charge in [0.15, 0.2) is 5.78 Å². The van der Waals surface area contributed by atoms with Crippen molar-refractivity contribution in [3.8, 4) is 0 Å². The first-order valence-electron chi connectivity index (χ1n) is 9.45. The van der Waals surface area contributed by atoms with Crippen LogP contribution in [-0.2, 0) is 4.79 Å². The number of fused-ring (bicyclic) bond motifs is 5. The minimum atomic E-state index is -0.650. The summed E-state index contributed by atoms with van der Waals surface area (Å²) in [5.41, 5.74) is 0.930. The highest BCUT2D eigenvalue weighted by Crippen LogP contribution is 2.64. The molecule has 22 heavy (non-hydrogen) atoms. The Bertz CT molecular complexity index is 522. The van der Waals surface area contributed by atoms with Crippen LogP contribution in [0.5, 0.6) is 0 Å². The van der Waals surface area contributed by atoms with Crippen LogP contribution in [-0.4, -0.2) is 16.5 Å². The monoisotopic (exact) mass is 302 g/mol. The van der Waals surface area contributed by atoms with E-state index in [1.807, 2.05) is 0 Å². The number of hydrogen-bond donors (Lipinski definition) is 1. The van der Waals surface area contributed by atoms with Gasteiger partial charge in [0.25, 0.3) is 0 Å². The lowest BCUT2D eigenvalue weighted by molar-refractivity contribution is -0.126. The molecule has 0 aromatic rings. The van der Waals surface area contributed by atoms with Crippen LogP contribution in [0.15, 0.2) is 11.6 Å². The summed E-state index contributed by atoms with van der Waals surface area (Å²) in [6.45, 7) is 4.89. The Morgan fingerprint density at radius 3 is 2.73 bits per heavy atom. The molecular weight excluding hydrogens is 272 g/mol. The van der Waals surface area contributed by atoms with Gasteiger partial charge in [0.2, 0.25) is 0 Å². The second kappa shape index (κ2) is 4.93. The van der Waals surface area contributed by atoms with Crippen molar-refractivity contribution in [1.29, 1.82) is 0 Å². The molecule has 0 saturated heterocycles. The Balaban J connectivity index is 1.67. The minimum Gasteiger partial charge on any atom is -0.385 e. The van der Waals surface area contributed by atoms with Crippen molar-refractivity contribution in [2.75, 3.05) is 0 Å². The number of carbonyl (C=O) groups is 1. The first kappa shape index (κ1) is 14.9. The number of aliphatic hydroxyl groups is 1. The maximum Gasteiger partial charge on any atom is 0.155 e. The number of carbonyl (C=O) groups excluding carboxylic acids is 1. The van der Waals surface area contributed by atoms with E-state index in [0.717, 1.165) is 30.3 Å². The minimum absolute atomic E-state index is 0.227. The number of rotatable bonds is 1. The normalized spacial score (nSPS) is 50.9. The highest BCUT2D eigenvalue weighted by Gasteiger charge is 2.59. The molecule has 0 bridgehead atoms. The van der Waals surface area contributed by atoms with E-state index < -0.39 is 5.60 Å². The van der Waals surface area contributed by atoms with Crippen molar-refractivity contribution < 1.29 is 9.90 Å². The first-order valence-corrected chi connectivity index (χ1v) is 9.45. The highest BCUT2D eigenvalue weighted by molar-refractivity contribution is 5.92. The Kier molecular flexibility index (Phi) is 3.35. The molecule has 3 fully saturated rings. The Morgan fingerprint density at radius 1 is 1.14 bits per heavy atom. The van der Waals surface area contributed by atoms with Gasteiger partial charge in [-0.3, -0.25) is 4.79 Å². The van der Waals surface area contributed by atoms with E-state index in [0.29, 0.717) is 30.1 Å². The number of hydrogen-bond acceptors (Lipinski definition) is 2. The van der Waals surface area contributed by atoms with Crippen LogP contribution in [0.4, 0.5) is 0 Å². The molecule has 0 aliphatic heterocycles. The van der Waals surface area contributed by atoms with Crippen molar-refractivity contribution in [3.05, 3.63) is 11.6 Å². The molecule has 2 heteroatoms. The Morgan fingerprint density at radius 2 is 1.95 bits per heavy atom. The van der Waals surface area contributed by atoms with Gasteiger partial charge in [-0.1, -0.05) is 20.3 Å². The van der Waals surface area contributed by atoms with Crippen LogP contribution < -0.4 is 0 Å². The van der Waals surface area contributed by atoms with Gasteiger partial charge in [0.1, 0.15) is 0 Å². The third-order valence-corrected chi connectivity index (χ3v) is 8.13. The lowest BCUT2D eigenvalue weighted by Gasteiger charge is -2.57. The van der Waals surface area contributed by atoms with Crippen LogP contribution >= 0.6 is 0 Å². The van der Waals surface area contributed by atoms with Gasteiger partial charge >= 0.3 is 0 Å². The molecule has 2 nitrogen and oxygen atoms in total. The lowest BCUT2D eigenvalue weighted by Crippen LogP contribution is -2.55. The van der Waals surface area contributed by atoms with Crippen molar-refractivity contribution in [2.45, 2.75) is 77.2 Å². The molecule has 3 saturated carbocycles. The molecule has 3 unspecified atom stereocenters. The fourth-order valence-corrected chi connectivity index (χ4v) is 6.96. The maximum atomic E-state index is 11.7. The third kappa shape index (κ3) is 1.85. The predicted octanol–water partition coefficient (Wildman–Crippen LogP) is 4.27. The van der Waals surface area contributed by atoms with Crippen LogP contribution in [0.3, 0.4) is 0 Å². The van der Waals surface area contributed by atoms with E-state index in [-0.39, 0.29) is 5.78 Å². The molecule has 4 aliphatic carbocycles. The second-order valence-corrected chi connectivity index (χ2v) is 8.70. The van der Waals surface area contributed by atoms with Crippen LogP contribution in [0.2, 0.25) is 0 Å². The van der Waals surface area contributed by atoms with Crippen molar-refractivity contribution >= 4 is 5.78 Å². The summed E-state index contributed by atoms with van der Waals surface area (Å²) in [5.74, 6) is 3.02. The largest absolute Gasteiger partial charge is 0.385 e. The zero-order valence-corrected chi connectivity index (χ0v) is 14.1. The maximum absolute atomic E-state index is 11.7. The average Bonchev–Trinajstić information content (AvgIpc) is 2.84. The smallest absolute Gasteiger partial charge is 0.155 e. The quantitative estimate of drug-likeness (QED) is 0.785. The van der Waals surface area contributed by atoms with Crippen molar-refractivity contribution in [2.24, 2.45) is 29.1 Å². The fraction of sp³-hybridized carbons (Fsp3) is 0.850. The van der Waals surface area contributed by atoms with Crippen molar-refractivity contribution in [3.63, 3.8) is 0 Å². The van der Waals surface area contributed by atoms with E-state index in [4.69, 9.17) is 0 Å². The van der Waals surface area contributed by atoms with Gasteiger partial charge in [-0.2, -0.15) is 0 Å². The van der Waals surface area contributed by atoms with Crippen LogP contribution in [0, 0.1) is 29.1 Å². The predicted molar refractivity (Wildman–Crippen MR) is 87.3 cm³/mol. The van der Waals surface area contributed by atoms with E-state index in [9.17, 15) is 9.90 Å². The lowest BCUT2D eigenvalue weighted by atomic mass is 9.50. The van der Waals surface area contributed by atoms with E-state index >= 15 is 0 Å². The van der Waals surface area contributed by atoms with Gasteiger partial charge in [-0.25, -0.2) is 0 Å². The topological polar surface area (TPSA) is 37.3 Å². The Labute approximate surface area is 134 Å². The summed E-state index contributed by atoms with van der Waals surface area (Å²) in [5, 5.41) is 11.4. The number of ketones is 1. The molecule has 0 aromatic carbocycles. The Hall–Kier alpha value is -0.630. The molecule has 6 atom stereocenters. The van der Waals surface area contributed by atoms with Gasteiger partial charge in [-0.05, 0) is 85.7 Å². The van der Waals surface area contributed by atoms with E-state index in [1.165, 1.54) is 32.1 Å². The molecular formula is C20H30O2. The molecule has 0 aromatic heterocycles. The summed E-state index contributed by atoms with van der Waals surface area (Å²) < 4.78 is 0. The van der Waals surface area contributed by atoms with Crippen LogP contribution in [0.1, 0.15) is 71.6 Å². The standard InChI is InChI=1S/C20H30O2/c1-3-13-5-7-17-16-6-4-14-12-15(21)8-11-20(14,22)18(16)9-10-19(13,17)2/h12-13,16-18,22H,3-11H2,1-2H3/t13-,16?,17?,18?,19+,20+/m0/s1. The molecule has 4 rings (SSSR count). The third-order valence-electron chi connectivity index (χ3n) is 8.13. The molecule has 0 spiro atoms. The SMILES string of the molecule is CC[C@H]1CCC2C3CCC4=CC(=O)CC[C@]4(O)C3CC[C@@]21C. The van der Waals surface area contributed by atoms with E-state index in [2.05, 4.69) is 13.8 Å². The summed E-state index contributed by atoms with van der Waals surface area (Å²) in [6.07, 6.45) is 11.7. The average molecular weight is 302 g/mol. The van der Waals surface area contributed by atoms with Crippen LogP contribution in [0.25, 0.3) is 0 Å². The first-order chi connectivity index (χ1) is 10.5. The highest BCUT2D eigenvalue weighted by atomic mass is 16.3. The summed E-state index contributed by atoms with van der Waals surface area (Å²) >= 11 is 0. The summed E-state index contributed by atoms with van der Waals surface area (Å²) in [7, 11) is 0. The summed E-state index contributed by atoms with van der Waals surface area (Å²) in [6, 6.07) is 0. The molecule has 0 heterocycles. The molecule has 0 amide bonds. The summed E-state index contributed by atoms with van der Waals surface area (Å²) in [4.78, 5) is 11.7. The molecule has 122 valence electrons. The van der Waals surface area contributed by atoms with E-state index in [1.54, 1.807) is 6.08 Å². The van der Waals surface area contributed by atoms with Gasteiger partial charge in [0, 0.05) is 6.42 Å². The molecule has 4 aliphatic rings. The molecule has 1 N–H and O–H groups in total. The van der Waals surface area contributed by atoms with Crippen molar-refractivity contribution in [1.82, 2.24) is 0 Å². The zero-order valence-electron chi connectivity index (χ0n) is 14.1. The molecule has 0 radical (unpaired) electrons. The van der Waals surface area contributed by atoms with Gasteiger partial charge < -0.3 is 5.11 Å². The zero-order chi connectivity index (χ0) is 15.5. The van der Waals surface area contributed by atoms with Gasteiger partial charge in [0.05, 0.1) is 5.60 Å². The van der Waals surface area contributed by atoms with Gasteiger partial charge in [-0.15, -0.1) is 0 Å².